The molecule has 1 N–H and O–H groups in total. The van der Waals surface area contributed by atoms with Crippen LogP contribution in [-0.4, -0.2) is 19.2 Å². The molecule has 0 spiro atoms. The zero-order valence-electron chi connectivity index (χ0n) is 15.9. The first-order chi connectivity index (χ1) is 13.9. The Morgan fingerprint density at radius 2 is 1.90 bits per heavy atom. The van der Waals surface area contributed by atoms with Gasteiger partial charge < -0.3 is 4.98 Å². The lowest BCUT2D eigenvalue weighted by Gasteiger charge is -2.26. The number of aromatic amines is 1. The molecule has 0 fully saturated rings. The average Bonchev–Trinajstić information content (AvgIpc) is 3.26. The average molecular weight is 411 g/mol. The molecule has 0 bridgehead atoms. The Hall–Kier alpha value is -2.73. The molecule has 1 aliphatic rings. The molecule has 4 nitrogen and oxygen atoms in total. The number of nitrogens with one attached hydrogen (secondary N) is 1. The van der Waals surface area contributed by atoms with E-state index in [9.17, 15) is 17.6 Å². The molecule has 1 atom stereocenters. The fourth-order valence-corrected chi connectivity index (χ4v) is 5.41. The van der Waals surface area contributed by atoms with Crippen molar-refractivity contribution in [1.29, 1.82) is 0 Å². The predicted molar refractivity (Wildman–Crippen MR) is 108 cm³/mol. The van der Waals surface area contributed by atoms with Gasteiger partial charge in [0.25, 0.3) is 0 Å². The number of benzene rings is 2. The normalized spacial score (nSPS) is 16.4. The number of rotatable bonds is 6. The van der Waals surface area contributed by atoms with Crippen molar-refractivity contribution < 1.29 is 17.6 Å². The number of aromatic nitrogens is 1. The van der Waals surface area contributed by atoms with E-state index in [4.69, 9.17) is 0 Å². The van der Waals surface area contributed by atoms with Gasteiger partial charge in [-0.05, 0) is 85.2 Å². The number of fused-ring (bicyclic) bond motifs is 1. The van der Waals surface area contributed by atoms with Gasteiger partial charge in [-0.25, -0.2) is 12.8 Å². The van der Waals surface area contributed by atoms with Crippen LogP contribution < -0.4 is 0 Å². The van der Waals surface area contributed by atoms with Crippen LogP contribution >= 0.6 is 0 Å². The Morgan fingerprint density at radius 1 is 1.07 bits per heavy atom. The summed E-state index contributed by atoms with van der Waals surface area (Å²) in [7, 11) is -3.77. The molecule has 0 saturated carbocycles. The zero-order valence-corrected chi connectivity index (χ0v) is 16.7. The number of ketones is 1. The number of carbonyl (C=O) groups is 1. The minimum Gasteiger partial charge on any atom is -0.359 e. The third kappa shape index (κ3) is 4.03. The van der Waals surface area contributed by atoms with Crippen LogP contribution in [0.4, 0.5) is 4.39 Å². The molecule has 0 saturated heterocycles. The number of halogens is 1. The lowest BCUT2D eigenvalue weighted by Crippen LogP contribution is -2.13. The van der Waals surface area contributed by atoms with E-state index < -0.39 is 15.7 Å². The van der Waals surface area contributed by atoms with Crippen molar-refractivity contribution >= 4 is 15.6 Å². The number of carbonyl (C=O) groups excluding carboxylic acids is 1. The first-order valence-corrected chi connectivity index (χ1v) is 11.2. The molecule has 1 aromatic heterocycles. The zero-order chi connectivity index (χ0) is 20.4. The second kappa shape index (κ2) is 7.95. The molecular weight excluding hydrogens is 389 g/mol. The number of Topliss-reactive ketones (excluding diaryl/α,β-unsaturated/α-hetero) is 1. The summed E-state index contributed by atoms with van der Waals surface area (Å²) in [5, 5.41) is 0. The highest BCUT2D eigenvalue weighted by Crippen LogP contribution is 2.37. The molecule has 0 aliphatic heterocycles. The van der Waals surface area contributed by atoms with Crippen LogP contribution in [-0.2, 0) is 16.3 Å². The van der Waals surface area contributed by atoms with Crippen molar-refractivity contribution in [3.63, 3.8) is 0 Å². The van der Waals surface area contributed by atoms with E-state index in [1.807, 2.05) is 12.1 Å². The minimum absolute atomic E-state index is 0.0404. The van der Waals surface area contributed by atoms with Crippen LogP contribution in [0.1, 0.15) is 53.2 Å². The van der Waals surface area contributed by atoms with Gasteiger partial charge in [0.1, 0.15) is 5.82 Å². The van der Waals surface area contributed by atoms with Gasteiger partial charge in [-0.15, -0.1) is 0 Å². The summed E-state index contributed by atoms with van der Waals surface area (Å²) < 4.78 is 39.3. The van der Waals surface area contributed by atoms with Gasteiger partial charge in [-0.2, -0.15) is 0 Å². The monoisotopic (exact) mass is 411 g/mol. The Morgan fingerprint density at radius 3 is 2.66 bits per heavy atom. The van der Waals surface area contributed by atoms with Crippen molar-refractivity contribution in [2.75, 3.05) is 0 Å². The van der Waals surface area contributed by atoms with E-state index in [1.54, 1.807) is 24.4 Å². The standard InChI is InChI=1S/C23H22FNO3S/c24-18-6-2-7-19(15-18)29(27,28)20-10-11-21-16(4-1-5-17(21)14-20)9-12-23(26)22-8-3-13-25-22/h2-3,6-8,10-11,13-16,25H,1,4-5,9,12H2/t16-/m0/s1. The summed E-state index contributed by atoms with van der Waals surface area (Å²) >= 11 is 0. The Labute approximate surface area is 169 Å². The Bertz CT molecular complexity index is 1140. The van der Waals surface area contributed by atoms with Crippen molar-refractivity contribution in [3.8, 4) is 0 Å². The van der Waals surface area contributed by atoms with Gasteiger partial charge in [-0.3, -0.25) is 4.79 Å². The highest BCUT2D eigenvalue weighted by Gasteiger charge is 2.25. The Kier molecular flexibility index (Phi) is 5.37. The number of sulfone groups is 1. The fourth-order valence-electron chi connectivity index (χ4n) is 4.07. The second-order valence-corrected chi connectivity index (χ2v) is 9.41. The van der Waals surface area contributed by atoms with Gasteiger partial charge in [0.05, 0.1) is 15.5 Å². The molecule has 2 aromatic carbocycles. The van der Waals surface area contributed by atoms with E-state index in [1.165, 1.54) is 18.2 Å². The molecule has 0 radical (unpaired) electrons. The molecule has 4 rings (SSSR count). The summed E-state index contributed by atoms with van der Waals surface area (Å²) in [6, 6.07) is 13.9. The van der Waals surface area contributed by atoms with Crippen LogP contribution in [0.25, 0.3) is 0 Å². The molecule has 6 heteroatoms. The van der Waals surface area contributed by atoms with Gasteiger partial charge >= 0.3 is 0 Å². The Balaban J connectivity index is 1.56. The second-order valence-electron chi connectivity index (χ2n) is 7.46. The lowest BCUT2D eigenvalue weighted by atomic mass is 9.80. The SMILES string of the molecule is O=C(CC[C@@H]1CCCc2cc(S(=O)(=O)c3cccc(F)c3)ccc21)c1ccc[nH]1. The van der Waals surface area contributed by atoms with Crippen molar-refractivity contribution in [2.45, 2.75) is 47.8 Å². The highest BCUT2D eigenvalue weighted by molar-refractivity contribution is 7.91. The van der Waals surface area contributed by atoms with Crippen LogP contribution in [0, 0.1) is 5.82 Å². The van der Waals surface area contributed by atoms with Crippen LogP contribution in [0.3, 0.4) is 0 Å². The number of aryl methyl sites for hydroxylation is 1. The minimum atomic E-state index is -3.77. The van der Waals surface area contributed by atoms with E-state index in [0.717, 1.165) is 42.9 Å². The third-order valence-corrected chi connectivity index (χ3v) is 7.34. The first-order valence-electron chi connectivity index (χ1n) is 9.75. The number of hydrogen-bond donors (Lipinski definition) is 1. The molecule has 1 heterocycles. The smallest absolute Gasteiger partial charge is 0.206 e. The van der Waals surface area contributed by atoms with Crippen molar-refractivity contribution in [3.05, 3.63) is 83.4 Å². The summed E-state index contributed by atoms with van der Waals surface area (Å²) in [6.07, 6.45) is 5.68. The van der Waals surface area contributed by atoms with Gasteiger partial charge in [0.15, 0.2) is 5.78 Å². The van der Waals surface area contributed by atoms with E-state index in [0.29, 0.717) is 12.1 Å². The van der Waals surface area contributed by atoms with E-state index >= 15 is 0 Å². The summed E-state index contributed by atoms with van der Waals surface area (Å²) in [5.74, 6) is -0.244. The van der Waals surface area contributed by atoms with Crippen LogP contribution in [0.2, 0.25) is 0 Å². The molecule has 29 heavy (non-hydrogen) atoms. The maximum atomic E-state index is 13.5. The van der Waals surface area contributed by atoms with Gasteiger partial charge in [0, 0.05) is 12.6 Å². The molecular formula is C23H22FNO3S. The maximum absolute atomic E-state index is 13.5. The predicted octanol–water partition coefficient (Wildman–Crippen LogP) is 5.07. The van der Waals surface area contributed by atoms with Crippen LogP contribution in [0.5, 0.6) is 0 Å². The fraction of sp³-hybridized carbons (Fsp3) is 0.261. The van der Waals surface area contributed by atoms with Gasteiger partial charge in [-0.1, -0.05) is 12.1 Å². The van der Waals surface area contributed by atoms with Crippen LogP contribution in [0.15, 0.2) is 70.6 Å². The largest absolute Gasteiger partial charge is 0.359 e. The van der Waals surface area contributed by atoms with Crippen molar-refractivity contribution in [2.24, 2.45) is 0 Å². The molecule has 3 aromatic rings. The third-order valence-electron chi connectivity index (χ3n) is 5.59. The summed E-state index contributed by atoms with van der Waals surface area (Å²) in [5.41, 5.74) is 2.75. The summed E-state index contributed by atoms with van der Waals surface area (Å²) in [4.78, 5) is 15.4. The molecule has 150 valence electrons. The highest BCUT2D eigenvalue weighted by atomic mass is 32.2. The topological polar surface area (TPSA) is 67.0 Å². The number of hydrogen-bond acceptors (Lipinski definition) is 3. The van der Waals surface area contributed by atoms with Crippen molar-refractivity contribution in [1.82, 2.24) is 4.98 Å². The van der Waals surface area contributed by atoms with E-state index in [-0.39, 0.29) is 21.5 Å². The summed E-state index contributed by atoms with van der Waals surface area (Å²) in [6.45, 7) is 0. The molecule has 1 aliphatic carbocycles. The van der Waals surface area contributed by atoms with Gasteiger partial charge in [0.2, 0.25) is 9.84 Å². The maximum Gasteiger partial charge on any atom is 0.206 e. The number of H-pyrrole nitrogens is 1. The molecule has 0 unspecified atom stereocenters. The lowest BCUT2D eigenvalue weighted by molar-refractivity contribution is 0.0972. The molecule has 0 amide bonds. The first kappa shape index (κ1) is 19.6. The van der Waals surface area contributed by atoms with E-state index in [2.05, 4.69) is 4.98 Å². The quantitative estimate of drug-likeness (QED) is 0.576.